The highest BCUT2D eigenvalue weighted by molar-refractivity contribution is 5.15. The minimum Gasteiger partial charge on any atom is -0.316 e. The Hall–Kier alpha value is -0.860. The summed E-state index contributed by atoms with van der Waals surface area (Å²) in [6, 6.07) is 10.8. The van der Waals surface area contributed by atoms with Crippen molar-refractivity contribution in [3.05, 3.63) is 35.9 Å². The summed E-state index contributed by atoms with van der Waals surface area (Å²) in [6.45, 7) is 4.44. The molecule has 1 aromatic rings. The third-order valence-electron chi connectivity index (χ3n) is 3.64. The van der Waals surface area contributed by atoms with E-state index in [4.69, 9.17) is 5.73 Å². The molecular weight excluding hydrogens is 196 g/mol. The van der Waals surface area contributed by atoms with Gasteiger partial charge in [-0.2, -0.15) is 0 Å². The Balaban J connectivity index is 1.89. The zero-order valence-electron chi connectivity index (χ0n) is 10.1. The van der Waals surface area contributed by atoms with Crippen LogP contribution in [0.3, 0.4) is 0 Å². The highest BCUT2D eigenvalue weighted by atomic mass is 15.2. The minimum absolute atomic E-state index is 0.271. The summed E-state index contributed by atoms with van der Waals surface area (Å²) < 4.78 is 0. The van der Waals surface area contributed by atoms with Crippen LogP contribution in [0.5, 0.6) is 0 Å². The molecule has 2 unspecified atom stereocenters. The summed E-state index contributed by atoms with van der Waals surface area (Å²) in [7, 11) is 0. The fourth-order valence-corrected chi connectivity index (χ4v) is 2.65. The van der Waals surface area contributed by atoms with Crippen molar-refractivity contribution in [1.29, 1.82) is 0 Å². The van der Waals surface area contributed by atoms with E-state index in [1.165, 1.54) is 18.4 Å². The van der Waals surface area contributed by atoms with Crippen molar-refractivity contribution < 1.29 is 0 Å². The molecule has 2 nitrogen and oxygen atoms in total. The molecule has 2 heteroatoms. The summed E-state index contributed by atoms with van der Waals surface area (Å²) in [5.41, 5.74) is 7.61. The quantitative estimate of drug-likeness (QED) is 0.843. The fraction of sp³-hybridized carbons (Fsp3) is 0.571. The van der Waals surface area contributed by atoms with Crippen molar-refractivity contribution in [2.24, 2.45) is 11.7 Å². The second-order valence-electron chi connectivity index (χ2n) is 4.78. The highest BCUT2D eigenvalue weighted by Crippen LogP contribution is 2.23. The lowest BCUT2D eigenvalue weighted by Gasteiger charge is -2.36. The van der Waals surface area contributed by atoms with Crippen molar-refractivity contribution in [2.75, 3.05) is 13.1 Å². The van der Waals surface area contributed by atoms with Crippen LogP contribution in [-0.2, 0) is 6.42 Å². The Morgan fingerprint density at radius 1 is 1.31 bits per heavy atom. The molecule has 1 aliphatic heterocycles. The van der Waals surface area contributed by atoms with Gasteiger partial charge in [0.15, 0.2) is 0 Å². The molecule has 2 N–H and O–H groups in total. The summed E-state index contributed by atoms with van der Waals surface area (Å²) in [4.78, 5) is 2.38. The molecule has 88 valence electrons. The van der Waals surface area contributed by atoms with Crippen LogP contribution in [0.4, 0.5) is 0 Å². The van der Waals surface area contributed by atoms with E-state index in [0.29, 0.717) is 0 Å². The van der Waals surface area contributed by atoms with Gasteiger partial charge in [-0.1, -0.05) is 37.3 Å². The lowest BCUT2D eigenvalue weighted by atomic mass is 9.89. The summed E-state index contributed by atoms with van der Waals surface area (Å²) in [6.07, 6.45) is 3.89. The van der Waals surface area contributed by atoms with Gasteiger partial charge in [-0.3, -0.25) is 4.90 Å². The average molecular weight is 218 g/mol. The van der Waals surface area contributed by atoms with Crippen molar-refractivity contribution in [2.45, 2.75) is 32.4 Å². The lowest BCUT2D eigenvalue weighted by Crippen LogP contribution is -2.48. The van der Waals surface area contributed by atoms with Crippen LogP contribution in [0.25, 0.3) is 0 Å². The first-order chi connectivity index (χ1) is 7.79. The predicted molar refractivity (Wildman–Crippen MR) is 68.1 cm³/mol. The molecule has 1 aromatic carbocycles. The number of nitrogens with zero attached hydrogens (tertiary/aromatic N) is 1. The van der Waals surface area contributed by atoms with Gasteiger partial charge in [-0.25, -0.2) is 0 Å². The summed E-state index contributed by atoms with van der Waals surface area (Å²) in [5.74, 6) is 0.764. The number of rotatable bonds is 3. The van der Waals surface area contributed by atoms with Crippen molar-refractivity contribution in [3.63, 3.8) is 0 Å². The lowest BCUT2D eigenvalue weighted by molar-refractivity contribution is 0.122. The van der Waals surface area contributed by atoms with Crippen LogP contribution >= 0.6 is 0 Å². The zero-order chi connectivity index (χ0) is 11.4. The SMILES string of the molecule is CCN1CCC(Cc2ccccc2)CC1N. The molecule has 2 atom stereocenters. The van der Waals surface area contributed by atoms with Gasteiger partial charge >= 0.3 is 0 Å². The van der Waals surface area contributed by atoms with Crippen LogP contribution in [0.2, 0.25) is 0 Å². The molecule has 0 saturated carbocycles. The standard InChI is InChI=1S/C14H22N2/c1-2-16-9-8-13(11-14(16)15)10-12-6-4-3-5-7-12/h3-7,13-14H,2,8-11,15H2,1H3. The van der Waals surface area contributed by atoms with Gasteiger partial charge in [0.2, 0.25) is 0 Å². The van der Waals surface area contributed by atoms with E-state index in [0.717, 1.165) is 25.4 Å². The minimum atomic E-state index is 0.271. The van der Waals surface area contributed by atoms with E-state index >= 15 is 0 Å². The Labute approximate surface area is 98.4 Å². The maximum atomic E-state index is 6.16. The van der Waals surface area contributed by atoms with Gasteiger partial charge in [-0.05, 0) is 43.8 Å². The van der Waals surface area contributed by atoms with Gasteiger partial charge in [0, 0.05) is 0 Å². The molecule has 0 amide bonds. The molecule has 16 heavy (non-hydrogen) atoms. The Morgan fingerprint density at radius 2 is 2.06 bits per heavy atom. The summed E-state index contributed by atoms with van der Waals surface area (Å²) in [5, 5.41) is 0. The van der Waals surface area contributed by atoms with E-state index in [-0.39, 0.29) is 6.17 Å². The third kappa shape index (κ3) is 2.83. The van der Waals surface area contributed by atoms with Gasteiger partial charge in [-0.15, -0.1) is 0 Å². The topological polar surface area (TPSA) is 29.3 Å². The van der Waals surface area contributed by atoms with E-state index in [1.54, 1.807) is 0 Å². The van der Waals surface area contributed by atoms with Crippen LogP contribution in [-0.4, -0.2) is 24.2 Å². The molecule has 0 radical (unpaired) electrons. The Bertz CT molecular complexity index is 310. The number of likely N-dealkylation sites (tertiary alicyclic amines) is 1. The van der Waals surface area contributed by atoms with Crippen molar-refractivity contribution in [1.82, 2.24) is 4.90 Å². The number of nitrogens with two attached hydrogens (primary N) is 1. The van der Waals surface area contributed by atoms with E-state index in [2.05, 4.69) is 42.2 Å². The van der Waals surface area contributed by atoms with Gasteiger partial charge in [0.1, 0.15) is 0 Å². The first kappa shape index (κ1) is 11.6. The number of hydrogen-bond donors (Lipinski definition) is 1. The molecule has 2 rings (SSSR count). The average Bonchev–Trinajstić information content (AvgIpc) is 2.31. The number of benzene rings is 1. The molecule has 1 aliphatic rings. The molecule has 0 bridgehead atoms. The zero-order valence-corrected chi connectivity index (χ0v) is 10.1. The van der Waals surface area contributed by atoms with E-state index < -0.39 is 0 Å². The first-order valence-electron chi connectivity index (χ1n) is 6.33. The highest BCUT2D eigenvalue weighted by Gasteiger charge is 2.24. The number of hydrogen-bond acceptors (Lipinski definition) is 2. The van der Waals surface area contributed by atoms with Crippen LogP contribution < -0.4 is 5.73 Å². The van der Waals surface area contributed by atoms with E-state index in [9.17, 15) is 0 Å². The smallest absolute Gasteiger partial charge is 0.0574 e. The monoisotopic (exact) mass is 218 g/mol. The summed E-state index contributed by atoms with van der Waals surface area (Å²) >= 11 is 0. The van der Waals surface area contributed by atoms with Gasteiger partial charge < -0.3 is 5.73 Å². The number of piperidine rings is 1. The first-order valence-corrected chi connectivity index (χ1v) is 6.33. The van der Waals surface area contributed by atoms with Crippen LogP contribution in [0.15, 0.2) is 30.3 Å². The van der Waals surface area contributed by atoms with Crippen LogP contribution in [0.1, 0.15) is 25.3 Å². The second kappa shape index (κ2) is 5.46. The predicted octanol–water partition coefficient (Wildman–Crippen LogP) is 2.25. The second-order valence-corrected chi connectivity index (χ2v) is 4.78. The van der Waals surface area contributed by atoms with E-state index in [1.807, 2.05) is 0 Å². The normalized spacial score (nSPS) is 26.9. The van der Waals surface area contributed by atoms with Crippen molar-refractivity contribution >= 4 is 0 Å². The van der Waals surface area contributed by atoms with Gasteiger partial charge in [0.25, 0.3) is 0 Å². The molecule has 0 spiro atoms. The fourth-order valence-electron chi connectivity index (χ4n) is 2.65. The van der Waals surface area contributed by atoms with Crippen LogP contribution in [0, 0.1) is 5.92 Å². The maximum absolute atomic E-state index is 6.16. The molecular formula is C14H22N2. The molecule has 1 heterocycles. The molecule has 0 aliphatic carbocycles. The maximum Gasteiger partial charge on any atom is 0.0574 e. The van der Waals surface area contributed by atoms with Crippen molar-refractivity contribution in [3.8, 4) is 0 Å². The molecule has 1 fully saturated rings. The Kier molecular flexibility index (Phi) is 3.97. The van der Waals surface area contributed by atoms with Gasteiger partial charge in [0.05, 0.1) is 6.17 Å². The molecule has 1 saturated heterocycles. The largest absolute Gasteiger partial charge is 0.316 e. The molecule has 0 aromatic heterocycles. The Morgan fingerprint density at radius 3 is 2.69 bits per heavy atom. The third-order valence-corrected chi connectivity index (χ3v) is 3.64.